The summed E-state index contributed by atoms with van der Waals surface area (Å²) < 4.78 is 41.9. The highest BCUT2D eigenvalue weighted by Gasteiger charge is 2.30. The fourth-order valence-corrected chi connectivity index (χ4v) is 7.68. The third-order valence-corrected chi connectivity index (χ3v) is 10.0. The van der Waals surface area contributed by atoms with Gasteiger partial charge in [-0.2, -0.15) is 11.8 Å². The van der Waals surface area contributed by atoms with Gasteiger partial charge in [0.05, 0.1) is 16.5 Å². The summed E-state index contributed by atoms with van der Waals surface area (Å²) in [7, 11) is -3.75. The molecule has 0 atom stereocenters. The molecule has 2 aromatic heterocycles. The molecule has 0 unspecified atom stereocenters. The molecule has 202 valence electrons. The van der Waals surface area contributed by atoms with E-state index in [4.69, 9.17) is 0 Å². The zero-order valence-electron chi connectivity index (χ0n) is 20.7. The third-order valence-electron chi connectivity index (χ3n) is 7.33. The van der Waals surface area contributed by atoms with Crippen molar-refractivity contribution in [3.63, 3.8) is 0 Å². The van der Waals surface area contributed by atoms with E-state index in [0.717, 1.165) is 36.6 Å². The second kappa shape index (κ2) is 11.0. The van der Waals surface area contributed by atoms with Crippen LogP contribution in [0.4, 0.5) is 4.39 Å². The second-order valence-corrected chi connectivity index (χ2v) is 13.1. The van der Waals surface area contributed by atoms with Crippen LogP contribution in [-0.2, 0) is 14.6 Å². The van der Waals surface area contributed by atoms with E-state index in [1.807, 2.05) is 11.8 Å². The van der Waals surface area contributed by atoms with E-state index >= 15 is 0 Å². The first-order valence-corrected chi connectivity index (χ1v) is 15.5. The van der Waals surface area contributed by atoms with Gasteiger partial charge in [0.25, 0.3) is 5.56 Å². The highest BCUT2D eigenvalue weighted by molar-refractivity contribution is 7.99. The number of hydrogen-bond acceptors (Lipinski definition) is 7. The molecule has 1 saturated heterocycles. The Bertz CT molecular complexity index is 1560. The Labute approximate surface area is 223 Å². The van der Waals surface area contributed by atoms with Crippen molar-refractivity contribution >= 4 is 38.5 Å². The van der Waals surface area contributed by atoms with E-state index in [1.54, 1.807) is 22.8 Å². The van der Waals surface area contributed by atoms with Gasteiger partial charge in [-0.05, 0) is 68.2 Å². The van der Waals surface area contributed by atoms with Crippen molar-refractivity contribution in [1.29, 1.82) is 0 Å². The molecule has 0 spiro atoms. The van der Waals surface area contributed by atoms with Crippen LogP contribution >= 0.6 is 11.8 Å². The van der Waals surface area contributed by atoms with Crippen molar-refractivity contribution in [2.24, 2.45) is 0 Å². The molecule has 2 aliphatic rings. The average molecular weight is 561 g/mol. The van der Waals surface area contributed by atoms with Crippen molar-refractivity contribution < 1.29 is 17.6 Å². The number of hydrogen-bond donors (Lipinski definition) is 1. The smallest absolute Gasteiger partial charge is 0.333 e. The predicted octanol–water partition coefficient (Wildman–Crippen LogP) is 2.84. The topological polar surface area (TPSA) is 120 Å². The largest absolute Gasteiger partial charge is 0.352 e. The third kappa shape index (κ3) is 5.42. The monoisotopic (exact) mass is 560 g/mol. The van der Waals surface area contributed by atoms with Crippen LogP contribution in [0, 0.1) is 5.82 Å². The van der Waals surface area contributed by atoms with Gasteiger partial charge in [0.1, 0.15) is 17.2 Å². The molecule has 3 heterocycles. The number of carbonyl (C=O) groups excluding carboxylic acids is 1. The molecular weight excluding hydrogens is 531 g/mol. The normalized spacial score (nSPS) is 20.9. The van der Waals surface area contributed by atoms with Crippen molar-refractivity contribution in [2.75, 3.05) is 17.3 Å². The van der Waals surface area contributed by atoms with Crippen molar-refractivity contribution in [1.82, 2.24) is 19.4 Å². The number of nitrogens with zero attached hydrogens (tertiary/aromatic N) is 3. The number of fused-ring (bicyclic) bond motifs is 1. The van der Waals surface area contributed by atoms with Crippen LogP contribution in [0.25, 0.3) is 11.0 Å². The number of rotatable bonds is 6. The lowest BCUT2D eigenvalue weighted by Gasteiger charge is -2.31. The first kappa shape index (κ1) is 26.6. The number of halogens is 1. The number of carbonyl (C=O) groups is 1. The van der Waals surface area contributed by atoms with Gasteiger partial charge in [-0.1, -0.05) is 18.2 Å². The molecule has 5 rings (SSSR count). The molecule has 1 aromatic carbocycles. The van der Waals surface area contributed by atoms with Crippen LogP contribution in [0.5, 0.6) is 0 Å². The van der Waals surface area contributed by atoms with Crippen LogP contribution in [0.1, 0.15) is 50.6 Å². The fraction of sp³-hybridized carbons (Fsp3) is 0.462. The molecule has 38 heavy (non-hydrogen) atoms. The van der Waals surface area contributed by atoms with Crippen LogP contribution < -0.4 is 16.6 Å². The van der Waals surface area contributed by atoms with Gasteiger partial charge in [-0.15, -0.1) is 0 Å². The Morgan fingerprint density at radius 3 is 2.34 bits per heavy atom. The average Bonchev–Trinajstić information content (AvgIpc) is 2.91. The van der Waals surface area contributed by atoms with Crippen molar-refractivity contribution in [3.8, 4) is 0 Å². The van der Waals surface area contributed by atoms with Gasteiger partial charge in [0.2, 0.25) is 5.91 Å². The first-order chi connectivity index (χ1) is 18.2. The number of aromatic nitrogens is 3. The standard InChI is InChI=1S/C26H29FN4O5S2/c27-17-14-22-24(28-15-17)30(20-10-12-37-13-11-20)26(34)31(25(22)33)19-8-6-18(7-9-19)29-23(32)16-38(35,36)21-4-2-1-3-5-21/h1-5,14-15,18-20H,6-13,16H2,(H,29,32). The summed E-state index contributed by atoms with van der Waals surface area (Å²) in [5, 5.41) is 2.88. The van der Waals surface area contributed by atoms with Gasteiger partial charge in [-0.3, -0.25) is 18.7 Å². The Kier molecular flexibility index (Phi) is 7.71. The summed E-state index contributed by atoms with van der Waals surface area (Å²) in [6.07, 6.45) is 4.41. The molecule has 0 bridgehead atoms. The number of pyridine rings is 1. The lowest BCUT2D eigenvalue weighted by atomic mass is 9.91. The molecular formula is C26H29FN4O5S2. The van der Waals surface area contributed by atoms with Crippen LogP contribution in [0.3, 0.4) is 0 Å². The van der Waals surface area contributed by atoms with Crippen LogP contribution in [0.15, 0.2) is 57.1 Å². The van der Waals surface area contributed by atoms with Crippen molar-refractivity contribution in [3.05, 3.63) is 69.3 Å². The molecule has 1 aliphatic carbocycles. The number of thioether (sulfide) groups is 1. The summed E-state index contributed by atoms with van der Waals surface area (Å²) in [6.45, 7) is 0. The maximum atomic E-state index is 14.1. The number of sulfone groups is 1. The number of benzene rings is 1. The molecule has 9 nitrogen and oxygen atoms in total. The Morgan fingerprint density at radius 2 is 1.66 bits per heavy atom. The maximum Gasteiger partial charge on any atom is 0.333 e. The number of amides is 1. The molecule has 2 fully saturated rings. The van der Waals surface area contributed by atoms with E-state index in [2.05, 4.69) is 10.3 Å². The summed E-state index contributed by atoms with van der Waals surface area (Å²) in [6, 6.07) is 8.18. The van der Waals surface area contributed by atoms with Gasteiger partial charge >= 0.3 is 5.69 Å². The highest BCUT2D eigenvalue weighted by atomic mass is 32.2. The van der Waals surface area contributed by atoms with Gasteiger partial charge < -0.3 is 5.32 Å². The van der Waals surface area contributed by atoms with Gasteiger partial charge in [0.15, 0.2) is 9.84 Å². The van der Waals surface area contributed by atoms with Crippen LogP contribution in [-0.4, -0.2) is 51.7 Å². The van der Waals surface area contributed by atoms with E-state index in [0.29, 0.717) is 25.7 Å². The van der Waals surface area contributed by atoms with E-state index in [9.17, 15) is 27.2 Å². The van der Waals surface area contributed by atoms with Gasteiger partial charge in [-0.25, -0.2) is 22.6 Å². The summed E-state index contributed by atoms with van der Waals surface area (Å²) >= 11 is 1.81. The summed E-state index contributed by atoms with van der Waals surface area (Å²) in [5.74, 6) is -0.0843. The predicted molar refractivity (Wildman–Crippen MR) is 144 cm³/mol. The zero-order valence-corrected chi connectivity index (χ0v) is 22.3. The minimum absolute atomic E-state index is 0.0874. The molecule has 0 radical (unpaired) electrons. The summed E-state index contributed by atoms with van der Waals surface area (Å²) in [4.78, 5) is 43.8. The van der Waals surface area contributed by atoms with E-state index in [-0.39, 0.29) is 28.0 Å². The molecule has 3 aromatic rings. The van der Waals surface area contributed by atoms with Gasteiger partial charge in [0, 0.05) is 18.1 Å². The zero-order chi connectivity index (χ0) is 26.9. The van der Waals surface area contributed by atoms with Crippen molar-refractivity contribution in [2.45, 2.75) is 61.5 Å². The molecule has 1 N–H and O–H groups in total. The minimum Gasteiger partial charge on any atom is -0.352 e. The van der Waals surface area contributed by atoms with E-state index < -0.39 is 44.6 Å². The van der Waals surface area contributed by atoms with E-state index in [1.165, 1.54) is 16.7 Å². The molecule has 1 saturated carbocycles. The summed E-state index contributed by atoms with van der Waals surface area (Å²) in [5.41, 5.74) is -0.769. The highest BCUT2D eigenvalue weighted by Crippen LogP contribution is 2.30. The maximum absolute atomic E-state index is 14.1. The number of nitrogens with one attached hydrogen (secondary N) is 1. The fourth-order valence-electron chi connectivity index (χ4n) is 5.43. The Balaban J connectivity index is 1.34. The lowest BCUT2D eigenvalue weighted by Crippen LogP contribution is -2.47. The second-order valence-electron chi connectivity index (χ2n) is 9.84. The molecule has 12 heteroatoms. The Hall–Kier alpha value is -2.99. The quantitative estimate of drug-likeness (QED) is 0.492. The first-order valence-electron chi connectivity index (χ1n) is 12.7. The SMILES string of the molecule is O=C(CS(=O)(=O)c1ccccc1)NC1CCC(n2c(=O)c3cc(F)cnc3n(C3CCSCC3)c2=O)CC1. The Morgan fingerprint density at radius 1 is 1.00 bits per heavy atom. The minimum atomic E-state index is -3.75. The molecule has 1 amide bonds. The lowest BCUT2D eigenvalue weighted by molar-refractivity contribution is -0.119. The van der Waals surface area contributed by atoms with Crippen LogP contribution in [0.2, 0.25) is 0 Å². The molecule has 1 aliphatic heterocycles.